The lowest BCUT2D eigenvalue weighted by Crippen LogP contribution is -2.33. The largest absolute Gasteiger partial charge is 0.376 e. The van der Waals surface area contributed by atoms with Crippen molar-refractivity contribution in [3.05, 3.63) is 69.0 Å². The molecule has 1 aromatic carbocycles. The molecule has 1 unspecified atom stereocenters. The van der Waals surface area contributed by atoms with Gasteiger partial charge in [0, 0.05) is 31.2 Å². The summed E-state index contributed by atoms with van der Waals surface area (Å²) < 4.78 is 7.19. The second-order valence-electron chi connectivity index (χ2n) is 9.32. The summed E-state index contributed by atoms with van der Waals surface area (Å²) in [5, 5.41) is 3.99. The first-order valence-corrected chi connectivity index (χ1v) is 12.0. The average Bonchev–Trinajstić information content (AvgIpc) is 3.47. The third-order valence-electron chi connectivity index (χ3n) is 7.05. The summed E-state index contributed by atoms with van der Waals surface area (Å²) in [5.74, 6) is -0.129. The molecule has 1 saturated heterocycles. The van der Waals surface area contributed by atoms with Gasteiger partial charge in [0.1, 0.15) is 0 Å². The molecule has 1 atom stereocenters. The summed E-state index contributed by atoms with van der Waals surface area (Å²) in [6, 6.07) is 10.9. The highest BCUT2D eigenvalue weighted by molar-refractivity contribution is 6.01. The zero-order chi connectivity index (χ0) is 22.8. The van der Waals surface area contributed by atoms with Gasteiger partial charge in [0.25, 0.3) is 11.5 Å². The van der Waals surface area contributed by atoms with E-state index < -0.39 is 0 Å². The number of hydrogen-bond donors (Lipinski definition) is 1. The zero-order valence-electron chi connectivity index (χ0n) is 18.9. The fourth-order valence-corrected chi connectivity index (χ4v) is 5.45. The Morgan fingerprint density at radius 3 is 2.76 bits per heavy atom. The first-order valence-electron chi connectivity index (χ1n) is 12.0. The van der Waals surface area contributed by atoms with Gasteiger partial charge in [0.05, 0.1) is 18.2 Å². The van der Waals surface area contributed by atoms with Gasteiger partial charge in [-0.1, -0.05) is 23.8 Å². The fourth-order valence-electron chi connectivity index (χ4n) is 5.45. The third kappa shape index (κ3) is 4.58. The Balaban J connectivity index is 1.36. The number of carbonyl (C=O) groups excluding carboxylic acids is 2. The van der Waals surface area contributed by atoms with E-state index in [0.717, 1.165) is 72.8 Å². The zero-order valence-corrected chi connectivity index (χ0v) is 18.9. The maximum atomic E-state index is 13.2. The van der Waals surface area contributed by atoms with Crippen LogP contribution in [0.25, 0.3) is 10.9 Å². The summed E-state index contributed by atoms with van der Waals surface area (Å²) in [6.45, 7) is 1.28. The second kappa shape index (κ2) is 9.48. The Labute approximate surface area is 193 Å². The Hall–Kier alpha value is -2.99. The van der Waals surface area contributed by atoms with E-state index in [-0.39, 0.29) is 36.3 Å². The van der Waals surface area contributed by atoms with Gasteiger partial charge in [-0.25, -0.2) is 0 Å². The third-order valence-corrected chi connectivity index (χ3v) is 7.05. The van der Waals surface area contributed by atoms with Gasteiger partial charge >= 0.3 is 0 Å². The van der Waals surface area contributed by atoms with E-state index in [1.807, 2.05) is 24.3 Å². The van der Waals surface area contributed by atoms with Crippen LogP contribution in [0.15, 0.2) is 63.5 Å². The predicted octanol–water partition coefficient (Wildman–Crippen LogP) is 3.83. The normalized spacial score (nSPS) is 20.4. The molecule has 2 aliphatic carbocycles. The van der Waals surface area contributed by atoms with E-state index >= 15 is 0 Å². The van der Waals surface area contributed by atoms with E-state index in [4.69, 9.17) is 4.74 Å². The SMILES string of the molecule is O=C(CC1=C(C(=O)NCC2CCCO2)C2=C(CCCC2)C1)Cn1c(=O)ccc2ccccc21. The maximum Gasteiger partial charge on any atom is 0.251 e. The molecular formula is C27H30N2O4. The number of nitrogens with one attached hydrogen (secondary N) is 1. The van der Waals surface area contributed by atoms with Crippen molar-refractivity contribution in [2.45, 2.75) is 64.0 Å². The Bertz CT molecular complexity index is 1210. The number of benzene rings is 1. The number of Topliss-reactive ketones (excluding diaryl/α,β-unsaturated/α-hetero) is 1. The number of aromatic nitrogens is 1. The van der Waals surface area contributed by atoms with Crippen LogP contribution < -0.4 is 10.9 Å². The maximum absolute atomic E-state index is 13.2. The van der Waals surface area contributed by atoms with Crippen molar-refractivity contribution < 1.29 is 14.3 Å². The lowest BCUT2D eigenvalue weighted by Gasteiger charge is -2.17. The second-order valence-corrected chi connectivity index (χ2v) is 9.32. The molecule has 0 bridgehead atoms. The first kappa shape index (κ1) is 21.8. The molecule has 33 heavy (non-hydrogen) atoms. The number of hydrogen-bond acceptors (Lipinski definition) is 4. The monoisotopic (exact) mass is 446 g/mol. The molecule has 1 aliphatic heterocycles. The molecule has 6 nitrogen and oxygen atoms in total. The summed E-state index contributed by atoms with van der Waals surface area (Å²) in [5.41, 5.74) is 4.66. The van der Waals surface area contributed by atoms with Crippen molar-refractivity contribution in [1.82, 2.24) is 9.88 Å². The fraction of sp³-hybridized carbons (Fsp3) is 0.444. The summed E-state index contributed by atoms with van der Waals surface area (Å²) >= 11 is 0. The highest BCUT2D eigenvalue weighted by Gasteiger charge is 2.31. The van der Waals surface area contributed by atoms with Gasteiger partial charge in [-0.3, -0.25) is 14.4 Å². The van der Waals surface area contributed by atoms with Gasteiger partial charge in [-0.2, -0.15) is 0 Å². The molecule has 0 saturated carbocycles. The molecule has 1 amide bonds. The molecule has 3 aliphatic rings. The van der Waals surface area contributed by atoms with E-state index in [0.29, 0.717) is 13.0 Å². The van der Waals surface area contributed by atoms with Crippen molar-refractivity contribution in [2.24, 2.45) is 0 Å². The highest BCUT2D eigenvalue weighted by atomic mass is 16.5. The molecule has 1 N–H and O–H groups in total. The van der Waals surface area contributed by atoms with Crippen LogP contribution in [0.3, 0.4) is 0 Å². The standard InChI is InChI=1S/C27H30N2O4/c30-21(17-29-24-10-4-2-6-18(24)11-12-25(29)31)15-20-14-19-7-1-3-9-23(19)26(20)27(32)28-16-22-8-5-13-33-22/h2,4,6,10-12,22H,1,3,5,7-9,13-17H2,(H,28,32). The molecule has 2 heterocycles. The molecule has 0 spiro atoms. The Morgan fingerprint density at radius 2 is 1.91 bits per heavy atom. The van der Waals surface area contributed by atoms with Gasteiger partial charge in [-0.05, 0) is 73.6 Å². The number of pyridine rings is 1. The van der Waals surface area contributed by atoms with E-state index in [2.05, 4.69) is 5.32 Å². The van der Waals surface area contributed by atoms with Gasteiger partial charge in [0.15, 0.2) is 5.78 Å². The van der Waals surface area contributed by atoms with Gasteiger partial charge in [0.2, 0.25) is 0 Å². The molecular weight excluding hydrogens is 416 g/mol. The lowest BCUT2D eigenvalue weighted by molar-refractivity contribution is -0.119. The first-order chi connectivity index (χ1) is 16.1. The number of allylic oxidation sites excluding steroid dienone is 2. The van der Waals surface area contributed by atoms with Crippen LogP contribution in [0.1, 0.15) is 51.4 Å². The molecule has 0 radical (unpaired) electrons. The Kier molecular flexibility index (Phi) is 6.27. The van der Waals surface area contributed by atoms with Crippen LogP contribution in [0.5, 0.6) is 0 Å². The van der Waals surface area contributed by atoms with Gasteiger partial charge in [-0.15, -0.1) is 0 Å². The Morgan fingerprint density at radius 1 is 1.06 bits per heavy atom. The van der Waals surface area contributed by atoms with Crippen molar-refractivity contribution in [2.75, 3.05) is 13.2 Å². The summed E-state index contributed by atoms with van der Waals surface area (Å²) in [4.78, 5) is 38.9. The van der Waals surface area contributed by atoms with Crippen molar-refractivity contribution in [1.29, 1.82) is 0 Å². The minimum absolute atomic E-state index is 0.0131. The summed E-state index contributed by atoms with van der Waals surface area (Å²) in [6.07, 6.45) is 7.10. The van der Waals surface area contributed by atoms with Crippen molar-refractivity contribution >= 4 is 22.6 Å². The number of para-hydroxylation sites is 1. The number of ketones is 1. The van der Waals surface area contributed by atoms with Crippen LogP contribution in [0, 0.1) is 0 Å². The van der Waals surface area contributed by atoms with E-state index in [1.165, 1.54) is 16.2 Å². The average molecular weight is 447 g/mol. The number of amides is 1. The molecule has 1 fully saturated rings. The van der Waals surface area contributed by atoms with Crippen LogP contribution >= 0.6 is 0 Å². The molecule has 172 valence electrons. The molecule has 6 heteroatoms. The number of ether oxygens (including phenoxy) is 1. The van der Waals surface area contributed by atoms with Crippen LogP contribution in [0.4, 0.5) is 0 Å². The quantitative estimate of drug-likeness (QED) is 0.701. The minimum Gasteiger partial charge on any atom is -0.376 e. The van der Waals surface area contributed by atoms with Crippen LogP contribution in [0.2, 0.25) is 0 Å². The number of nitrogens with zero attached hydrogens (tertiary/aromatic N) is 1. The van der Waals surface area contributed by atoms with Gasteiger partial charge < -0.3 is 14.6 Å². The number of fused-ring (bicyclic) bond motifs is 1. The van der Waals surface area contributed by atoms with Crippen LogP contribution in [-0.2, 0) is 20.9 Å². The minimum atomic E-state index is -0.186. The topological polar surface area (TPSA) is 77.4 Å². The van der Waals surface area contributed by atoms with Crippen molar-refractivity contribution in [3.63, 3.8) is 0 Å². The van der Waals surface area contributed by atoms with Crippen molar-refractivity contribution in [3.8, 4) is 0 Å². The molecule has 5 rings (SSSR count). The number of carbonyl (C=O) groups is 2. The van der Waals surface area contributed by atoms with Crippen LogP contribution in [-0.4, -0.2) is 35.5 Å². The molecule has 2 aromatic rings. The lowest BCUT2D eigenvalue weighted by atomic mass is 9.90. The smallest absolute Gasteiger partial charge is 0.251 e. The highest BCUT2D eigenvalue weighted by Crippen LogP contribution is 2.42. The predicted molar refractivity (Wildman–Crippen MR) is 127 cm³/mol. The van der Waals surface area contributed by atoms with E-state index in [1.54, 1.807) is 6.07 Å². The van der Waals surface area contributed by atoms with E-state index in [9.17, 15) is 14.4 Å². The summed E-state index contributed by atoms with van der Waals surface area (Å²) in [7, 11) is 0. The number of rotatable bonds is 7. The molecule has 1 aromatic heterocycles.